The highest BCUT2D eigenvalue weighted by atomic mass is 35.5. The molecule has 0 spiro atoms. The van der Waals surface area contributed by atoms with Crippen LogP contribution < -0.4 is 4.74 Å². The molecule has 4 rings (SSSR count). The number of nitrogens with zero attached hydrogens (tertiary/aromatic N) is 3. The van der Waals surface area contributed by atoms with Gasteiger partial charge in [-0.1, -0.05) is 84.4 Å². The molecule has 0 fully saturated rings. The Morgan fingerprint density at radius 3 is 2.09 bits per heavy atom. The van der Waals surface area contributed by atoms with Gasteiger partial charge in [-0.3, -0.25) is 9.69 Å². The molecule has 0 N–H and O–H groups in total. The lowest BCUT2D eigenvalue weighted by Gasteiger charge is -2.30. The highest BCUT2D eigenvalue weighted by Crippen LogP contribution is 2.37. The molecule has 1 amide bonds. The van der Waals surface area contributed by atoms with Crippen molar-refractivity contribution in [1.29, 1.82) is 0 Å². The van der Waals surface area contributed by atoms with E-state index in [0.717, 1.165) is 17.2 Å². The first-order chi connectivity index (χ1) is 21.9. The quantitative estimate of drug-likeness (QED) is 0.120. The summed E-state index contributed by atoms with van der Waals surface area (Å²) in [6, 6.07) is 25.9. The first-order valence-corrected chi connectivity index (χ1v) is 15.9. The maximum absolute atomic E-state index is 13.7. The van der Waals surface area contributed by atoms with Crippen molar-refractivity contribution >= 4 is 17.5 Å². The average molecular weight is 656 g/mol. The monoisotopic (exact) mass is 655 g/mol. The molecule has 10 heteroatoms. The number of hydrogen-bond donors (Lipinski definition) is 0. The van der Waals surface area contributed by atoms with E-state index in [2.05, 4.69) is 34.3 Å². The fraction of sp³-hybridized carbons (Fsp3) is 0.389. The second-order valence-electron chi connectivity index (χ2n) is 11.9. The van der Waals surface area contributed by atoms with Crippen LogP contribution in [0.2, 0.25) is 5.02 Å². The molecular weight excluding hydrogens is 615 g/mol. The predicted octanol–water partition coefficient (Wildman–Crippen LogP) is 8.64. The van der Waals surface area contributed by atoms with Gasteiger partial charge in [-0.15, -0.1) is 0 Å². The first-order valence-electron chi connectivity index (χ1n) is 15.5. The number of aromatic nitrogens is 1. The van der Waals surface area contributed by atoms with Gasteiger partial charge < -0.3 is 14.2 Å². The molecule has 0 unspecified atom stereocenters. The van der Waals surface area contributed by atoms with Crippen LogP contribution in [-0.2, 0) is 23.9 Å². The molecule has 0 bridgehead atoms. The Labute approximate surface area is 274 Å². The van der Waals surface area contributed by atoms with Crippen LogP contribution in [0.25, 0.3) is 0 Å². The average Bonchev–Trinajstić information content (AvgIpc) is 3.45. The van der Waals surface area contributed by atoms with Gasteiger partial charge in [0.2, 0.25) is 5.91 Å². The van der Waals surface area contributed by atoms with Gasteiger partial charge in [-0.05, 0) is 62.0 Å². The van der Waals surface area contributed by atoms with Gasteiger partial charge in [0.25, 0.3) is 5.88 Å². The lowest BCUT2D eigenvalue weighted by atomic mass is 9.90. The van der Waals surface area contributed by atoms with E-state index in [0.29, 0.717) is 30.8 Å². The third-order valence-electron chi connectivity index (χ3n) is 7.75. The summed E-state index contributed by atoms with van der Waals surface area (Å²) in [7, 11) is 0. The zero-order chi connectivity index (χ0) is 33.3. The molecule has 1 aromatic heterocycles. The fourth-order valence-corrected chi connectivity index (χ4v) is 6.04. The van der Waals surface area contributed by atoms with Crippen LogP contribution in [0.3, 0.4) is 0 Å². The standard InChI is InChI=1S/C36H41ClF3N3O3/c1-25(2)43(26(3)4)34(44)22-30-21-33(41-46-30)45-20-12-19-42(23-29-17-11-18-32(35(29)37)36(38,39)40)24-31(27-13-7-5-8-14-27)28-15-9-6-10-16-28/h5-11,13-18,21,25-26,31H,12,19-20,22-24H2,1-4H3. The highest BCUT2D eigenvalue weighted by Gasteiger charge is 2.34. The number of ether oxygens (including phenoxy) is 1. The van der Waals surface area contributed by atoms with Gasteiger partial charge in [-0.25, -0.2) is 0 Å². The van der Waals surface area contributed by atoms with E-state index in [1.54, 1.807) is 17.0 Å². The molecule has 0 aliphatic carbocycles. The summed E-state index contributed by atoms with van der Waals surface area (Å²) >= 11 is 6.32. The van der Waals surface area contributed by atoms with E-state index in [-0.39, 0.29) is 54.4 Å². The van der Waals surface area contributed by atoms with Crippen LogP contribution in [0.15, 0.2) is 89.5 Å². The minimum absolute atomic E-state index is 0.0280. The molecule has 0 aliphatic heterocycles. The van der Waals surface area contributed by atoms with E-state index in [1.165, 1.54) is 6.07 Å². The molecule has 0 atom stereocenters. The van der Waals surface area contributed by atoms with Crippen molar-refractivity contribution in [2.75, 3.05) is 19.7 Å². The zero-order valence-electron chi connectivity index (χ0n) is 26.6. The Balaban J connectivity index is 1.48. The number of carbonyl (C=O) groups excluding carboxylic acids is 1. The van der Waals surface area contributed by atoms with Crippen molar-refractivity contribution in [3.63, 3.8) is 0 Å². The number of hydrogen-bond acceptors (Lipinski definition) is 5. The molecular formula is C36H41ClF3N3O3. The largest absolute Gasteiger partial charge is 0.475 e. The minimum Gasteiger partial charge on any atom is -0.475 e. The van der Waals surface area contributed by atoms with Crippen LogP contribution in [0.5, 0.6) is 5.88 Å². The topological polar surface area (TPSA) is 58.8 Å². The Hall–Kier alpha value is -3.82. The van der Waals surface area contributed by atoms with Gasteiger partial charge in [0.05, 0.1) is 23.6 Å². The van der Waals surface area contributed by atoms with Crippen LogP contribution in [-0.4, -0.2) is 52.6 Å². The molecule has 0 saturated carbocycles. The van der Waals surface area contributed by atoms with Crippen LogP contribution in [0.4, 0.5) is 13.2 Å². The van der Waals surface area contributed by atoms with Crippen molar-refractivity contribution in [3.05, 3.63) is 118 Å². The second-order valence-corrected chi connectivity index (χ2v) is 12.3. The summed E-state index contributed by atoms with van der Waals surface area (Å²) in [5.41, 5.74) is 1.76. The number of benzene rings is 3. The van der Waals surface area contributed by atoms with Crippen LogP contribution in [0.1, 0.15) is 68.0 Å². The normalized spacial score (nSPS) is 12.0. The number of amides is 1. The van der Waals surface area contributed by atoms with Gasteiger partial charge >= 0.3 is 6.18 Å². The smallest absolute Gasteiger partial charge is 0.417 e. The maximum Gasteiger partial charge on any atom is 0.417 e. The van der Waals surface area contributed by atoms with Crippen molar-refractivity contribution in [3.8, 4) is 5.88 Å². The van der Waals surface area contributed by atoms with Crippen molar-refractivity contribution in [2.24, 2.45) is 0 Å². The summed E-state index contributed by atoms with van der Waals surface area (Å²) < 4.78 is 52.2. The molecule has 3 aromatic carbocycles. The summed E-state index contributed by atoms with van der Waals surface area (Å²) in [5.74, 6) is 0.616. The van der Waals surface area contributed by atoms with Gasteiger partial charge in [0.15, 0.2) is 0 Å². The maximum atomic E-state index is 13.7. The van der Waals surface area contributed by atoms with Gasteiger partial charge in [-0.2, -0.15) is 13.2 Å². The number of rotatable bonds is 15. The minimum atomic E-state index is -4.55. The summed E-state index contributed by atoms with van der Waals surface area (Å²) in [6.07, 6.45) is -3.91. The molecule has 46 heavy (non-hydrogen) atoms. The molecule has 0 aliphatic rings. The lowest BCUT2D eigenvalue weighted by Crippen LogP contribution is -2.42. The Morgan fingerprint density at radius 2 is 1.52 bits per heavy atom. The van der Waals surface area contributed by atoms with Crippen molar-refractivity contribution < 1.29 is 27.2 Å². The van der Waals surface area contributed by atoms with E-state index in [9.17, 15) is 18.0 Å². The van der Waals surface area contributed by atoms with E-state index in [1.807, 2.05) is 64.1 Å². The summed E-state index contributed by atoms with van der Waals surface area (Å²) in [6.45, 7) is 9.45. The Bertz CT molecular complexity index is 1480. The number of alkyl halides is 3. The van der Waals surface area contributed by atoms with E-state index >= 15 is 0 Å². The van der Waals surface area contributed by atoms with Gasteiger partial charge in [0, 0.05) is 43.7 Å². The fourth-order valence-electron chi connectivity index (χ4n) is 5.75. The SMILES string of the molecule is CC(C)N(C(=O)Cc1cc(OCCCN(Cc2cccc(C(F)(F)F)c2Cl)CC(c2ccccc2)c2ccccc2)no1)C(C)C. The Kier molecular flexibility index (Phi) is 12.3. The number of carbonyl (C=O) groups is 1. The van der Waals surface area contributed by atoms with E-state index < -0.39 is 11.7 Å². The molecule has 4 aromatic rings. The van der Waals surface area contributed by atoms with Crippen molar-refractivity contribution in [1.82, 2.24) is 15.0 Å². The third-order valence-corrected chi connectivity index (χ3v) is 8.20. The first kappa shape index (κ1) is 35.0. The summed E-state index contributed by atoms with van der Waals surface area (Å²) in [5, 5.41) is 3.68. The second kappa shape index (κ2) is 16.1. The molecule has 0 radical (unpaired) electrons. The molecule has 6 nitrogen and oxygen atoms in total. The third kappa shape index (κ3) is 9.59. The highest BCUT2D eigenvalue weighted by molar-refractivity contribution is 6.32. The lowest BCUT2D eigenvalue weighted by molar-refractivity contribution is -0.137. The summed E-state index contributed by atoms with van der Waals surface area (Å²) in [4.78, 5) is 16.7. The predicted molar refractivity (Wildman–Crippen MR) is 174 cm³/mol. The number of halogens is 4. The van der Waals surface area contributed by atoms with Crippen molar-refractivity contribution in [2.45, 2.75) is 71.3 Å². The Morgan fingerprint density at radius 1 is 0.913 bits per heavy atom. The van der Waals surface area contributed by atoms with Crippen LogP contribution in [0, 0.1) is 0 Å². The molecule has 1 heterocycles. The van der Waals surface area contributed by atoms with Crippen LogP contribution >= 0.6 is 11.6 Å². The zero-order valence-corrected chi connectivity index (χ0v) is 27.4. The molecule has 246 valence electrons. The van der Waals surface area contributed by atoms with E-state index in [4.69, 9.17) is 20.9 Å². The van der Waals surface area contributed by atoms with Gasteiger partial charge in [0.1, 0.15) is 5.76 Å². The molecule has 0 saturated heterocycles.